The van der Waals surface area contributed by atoms with Gasteiger partial charge in [-0.1, -0.05) is 12.1 Å². The van der Waals surface area contributed by atoms with Crippen LogP contribution in [0.15, 0.2) is 48.2 Å². The van der Waals surface area contributed by atoms with E-state index >= 15 is 0 Å². The molecule has 0 bridgehead atoms. The molecule has 1 aliphatic rings. The van der Waals surface area contributed by atoms with Gasteiger partial charge in [-0.25, -0.2) is 0 Å². The largest absolute Gasteiger partial charge is 0.494 e. The van der Waals surface area contributed by atoms with Crippen LogP contribution < -0.4 is 14.2 Å². The molecule has 2 aromatic carbocycles. The molecule has 23 heavy (non-hydrogen) atoms. The van der Waals surface area contributed by atoms with Gasteiger partial charge in [0.05, 0.1) is 18.8 Å². The highest BCUT2D eigenvalue weighted by Gasteiger charge is 2.27. The smallest absolute Gasteiger partial charge is 0.231 e. The maximum atomic E-state index is 12.4. The standard InChI is InChI=1S/C19H18O4/c1-3-21-14-7-5-13(6-8-14)11-18-19(20)16-10-9-15(22-4-2)12-17(16)23-18/h5-12H,3-4H2,1-2H3. The predicted octanol–water partition coefficient (Wildman–Crippen LogP) is 4.10. The number of hydrogen-bond donors (Lipinski definition) is 0. The second-order valence-electron chi connectivity index (χ2n) is 5.03. The Balaban J connectivity index is 1.83. The second kappa shape index (κ2) is 6.57. The third kappa shape index (κ3) is 3.21. The molecular formula is C19H18O4. The molecule has 4 nitrogen and oxygen atoms in total. The topological polar surface area (TPSA) is 44.8 Å². The minimum Gasteiger partial charge on any atom is -0.494 e. The zero-order valence-corrected chi connectivity index (χ0v) is 13.2. The minimum atomic E-state index is -0.114. The van der Waals surface area contributed by atoms with Crippen molar-refractivity contribution in [3.05, 3.63) is 59.4 Å². The van der Waals surface area contributed by atoms with Crippen LogP contribution in [0.5, 0.6) is 17.2 Å². The van der Waals surface area contributed by atoms with Crippen molar-refractivity contribution in [2.45, 2.75) is 13.8 Å². The van der Waals surface area contributed by atoms with Gasteiger partial charge < -0.3 is 14.2 Å². The summed E-state index contributed by atoms with van der Waals surface area (Å²) in [6, 6.07) is 12.8. The van der Waals surface area contributed by atoms with E-state index in [9.17, 15) is 4.79 Å². The molecule has 4 heteroatoms. The molecule has 118 valence electrons. The average Bonchev–Trinajstić information content (AvgIpc) is 2.86. The number of fused-ring (bicyclic) bond motifs is 1. The van der Waals surface area contributed by atoms with Crippen molar-refractivity contribution in [1.29, 1.82) is 0 Å². The number of benzene rings is 2. The summed E-state index contributed by atoms with van der Waals surface area (Å²) < 4.78 is 16.5. The Morgan fingerprint density at radius 1 is 0.957 bits per heavy atom. The number of allylic oxidation sites excluding steroid dienone is 1. The zero-order chi connectivity index (χ0) is 16.2. The Morgan fingerprint density at radius 3 is 2.30 bits per heavy atom. The number of rotatable bonds is 5. The first kappa shape index (κ1) is 15.2. The first-order valence-corrected chi connectivity index (χ1v) is 7.65. The van der Waals surface area contributed by atoms with E-state index in [4.69, 9.17) is 14.2 Å². The lowest BCUT2D eigenvalue weighted by molar-refractivity contribution is 0.101. The average molecular weight is 310 g/mol. The van der Waals surface area contributed by atoms with Gasteiger partial charge in [-0.3, -0.25) is 4.79 Å². The molecule has 0 atom stereocenters. The summed E-state index contributed by atoms with van der Waals surface area (Å²) in [5.74, 6) is 2.24. The summed E-state index contributed by atoms with van der Waals surface area (Å²) >= 11 is 0. The Morgan fingerprint density at radius 2 is 1.61 bits per heavy atom. The van der Waals surface area contributed by atoms with Gasteiger partial charge in [0, 0.05) is 6.07 Å². The maximum absolute atomic E-state index is 12.4. The normalized spacial score (nSPS) is 14.5. The molecule has 0 saturated carbocycles. The number of ether oxygens (including phenoxy) is 3. The maximum Gasteiger partial charge on any atom is 0.231 e. The van der Waals surface area contributed by atoms with Crippen LogP contribution in [0, 0.1) is 0 Å². The van der Waals surface area contributed by atoms with Crippen molar-refractivity contribution in [2.24, 2.45) is 0 Å². The predicted molar refractivity (Wildman–Crippen MR) is 88.2 cm³/mol. The van der Waals surface area contributed by atoms with Crippen molar-refractivity contribution in [3.8, 4) is 17.2 Å². The van der Waals surface area contributed by atoms with E-state index in [2.05, 4.69) is 0 Å². The highest BCUT2D eigenvalue weighted by atomic mass is 16.5. The lowest BCUT2D eigenvalue weighted by atomic mass is 10.1. The molecule has 1 aliphatic heterocycles. The van der Waals surface area contributed by atoms with Crippen molar-refractivity contribution in [1.82, 2.24) is 0 Å². The summed E-state index contributed by atoms with van der Waals surface area (Å²) in [4.78, 5) is 12.4. The number of carbonyl (C=O) groups excluding carboxylic acids is 1. The van der Waals surface area contributed by atoms with E-state index in [1.54, 1.807) is 24.3 Å². The molecule has 0 aliphatic carbocycles. The van der Waals surface area contributed by atoms with Gasteiger partial charge in [0.25, 0.3) is 0 Å². The second-order valence-corrected chi connectivity index (χ2v) is 5.03. The van der Waals surface area contributed by atoms with Gasteiger partial charge in [0.1, 0.15) is 17.2 Å². The van der Waals surface area contributed by atoms with E-state index in [1.807, 2.05) is 38.1 Å². The van der Waals surface area contributed by atoms with Crippen LogP contribution in [-0.4, -0.2) is 19.0 Å². The van der Waals surface area contributed by atoms with Gasteiger partial charge in [-0.2, -0.15) is 0 Å². The summed E-state index contributed by atoms with van der Waals surface area (Å²) in [6.07, 6.45) is 1.73. The van der Waals surface area contributed by atoms with Crippen LogP contribution in [-0.2, 0) is 0 Å². The molecule has 1 heterocycles. The van der Waals surface area contributed by atoms with E-state index in [-0.39, 0.29) is 5.78 Å². The summed E-state index contributed by atoms with van der Waals surface area (Å²) in [5, 5.41) is 0. The van der Waals surface area contributed by atoms with Crippen LogP contribution in [0.25, 0.3) is 6.08 Å². The van der Waals surface area contributed by atoms with Crippen LogP contribution >= 0.6 is 0 Å². The molecule has 0 N–H and O–H groups in total. The van der Waals surface area contributed by atoms with Crippen LogP contribution in [0.3, 0.4) is 0 Å². The monoisotopic (exact) mass is 310 g/mol. The van der Waals surface area contributed by atoms with Crippen molar-refractivity contribution in [2.75, 3.05) is 13.2 Å². The third-order valence-corrected chi connectivity index (χ3v) is 3.44. The highest BCUT2D eigenvalue weighted by molar-refractivity contribution is 6.14. The molecule has 0 saturated heterocycles. The molecule has 0 unspecified atom stereocenters. The van der Waals surface area contributed by atoms with Crippen molar-refractivity contribution < 1.29 is 19.0 Å². The van der Waals surface area contributed by atoms with Crippen LogP contribution in [0.4, 0.5) is 0 Å². The zero-order valence-electron chi connectivity index (χ0n) is 13.2. The van der Waals surface area contributed by atoms with Gasteiger partial charge in [-0.05, 0) is 49.8 Å². The van der Waals surface area contributed by atoms with Crippen molar-refractivity contribution in [3.63, 3.8) is 0 Å². The Hall–Kier alpha value is -2.75. The molecule has 2 aromatic rings. The first-order valence-electron chi connectivity index (χ1n) is 7.65. The lowest BCUT2D eigenvalue weighted by Crippen LogP contribution is -1.98. The van der Waals surface area contributed by atoms with E-state index < -0.39 is 0 Å². The van der Waals surface area contributed by atoms with E-state index in [0.717, 1.165) is 11.3 Å². The van der Waals surface area contributed by atoms with Gasteiger partial charge in [0.2, 0.25) is 5.78 Å². The lowest BCUT2D eigenvalue weighted by Gasteiger charge is -2.04. The quantitative estimate of drug-likeness (QED) is 0.780. The fraction of sp³-hybridized carbons (Fsp3) is 0.211. The molecule has 0 fully saturated rings. The summed E-state index contributed by atoms with van der Waals surface area (Å²) in [5.41, 5.74) is 1.44. The molecule has 0 spiro atoms. The Labute approximate surface area is 135 Å². The van der Waals surface area contributed by atoms with Crippen LogP contribution in [0.1, 0.15) is 29.8 Å². The number of hydrogen-bond acceptors (Lipinski definition) is 4. The molecule has 0 aromatic heterocycles. The Bertz CT molecular complexity index is 744. The van der Waals surface area contributed by atoms with Gasteiger partial charge in [0.15, 0.2) is 5.76 Å². The molecule has 0 radical (unpaired) electrons. The fourth-order valence-corrected chi connectivity index (χ4v) is 2.40. The number of ketones is 1. The fourth-order valence-electron chi connectivity index (χ4n) is 2.40. The van der Waals surface area contributed by atoms with Gasteiger partial charge in [-0.15, -0.1) is 0 Å². The minimum absolute atomic E-state index is 0.114. The number of Topliss-reactive ketones (excluding diaryl/α,β-unsaturated/α-hetero) is 1. The molecule has 0 amide bonds. The summed E-state index contributed by atoms with van der Waals surface area (Å²) in [6.45, 7) is 5.05. The SMILES string of the molecule is CCOc1ccc(C=C2Oc3cc(OCC)ccc3C2=O)cc1. The van der Waals surface area contributed by atoms with E-state index in [1.165, 1.54) is 0 Å². The molecule has 3 rings (SSSR count). The summed E-state index contributed by atoms with van der Waals surface area (Å²) in [7, 11) is 0. The van der Waals surface area contributed by atoms with Gasteiger partial charge >= 0.3 is 0 Å². The molecular weight excluding hydrogens is 292 g/mol. The van der Waals surface area contributed by atoms with Crippen molar-refractivity contribution >= 4 is 11.9 Å². The van der Waals surface area contributed by atoms with E-state index in [0.29, 0.717) is 36.0 Å². The Kier molecular flexibility index (Phi) is 4.33. The first-order chi connectivity index (χ1) is 11.2. The number of carbonyl (C=O) groups is 1. The van der Waals surface area contributed by atoms with Crippen LogP contribution in [0.2, 0.25) is 0 Å². The third-order valence-electron chi connectivity index (χ3n) is 3.44. The highest BCUT2D eigenvalue weighted by Crippen LogP contribution is 2.34.